The predicted molar refractivity (Wildman–Crippen MR) is 57.2 cm³/mol. The summed E-state index contributed by atoms with van der Waals surface area (Å²) in [5, 5.41) is 2.03. The molecule has 0 spiro atoms. The molecular formula is C11H11F2NO3. The molecule has 0 aromatic heterocycles. The molecule has 0 aliphatic carbocycles. The van der Waals surface area contributed by atoms with Crippen molar-refractivity contribution in [3.05, 3.63) is 29.3 Å². The van der Waals surface area contributed by atoms with E-state index in [0.717, 1.165) is 0 Å². The quantitative estimate of drug-likeness (QED) is 0.826. The molecule has 0 aliphatic rings. The number of halogens is 2. The molecule has 4 nitrogen and oxygen atoms in total. The molecule has 0 fully saturated rings. The van der Waals surface area contributed by atoms with Gasteiger partial charge in [-0.15, -0.1) is 0 Å². The summed E-state index contributed by atoms with van der Waals surface area (Å²) in [5.41, 5.74) is 0.924. The van der Waals surface area contributed by atoms with E-state index in [9.17, 15) is 18.4 Å². The third-order valence-electron chi connectivity index (χ3n) is 2.11. The van der Waals surface area contributed by atoms with Crippen molar-refractivity contribution in [2.75, 3.05) is 12.4 Å². The van der Waals surface area contributed by atoms with Gasteiger partial charge in [0.1, 0.15) is 0 Å². The van der Waals surface area contributed by atoms with E-state index in [2.05, 4.69) is 4.74 Å². The second-order valence-electron chi connectivity index (χ2n) is 3.31. The van der Waals surface area contributed by atoms with Crippen LogP contribution in [0, 0.1) is 6.92 Å². The van der Waals surface area contributed by atoms with Gasteiger partial charge in [-0.25, -0.2) is 4.79 Å². The van der Waals surface area contributed by atoms with E-state index in [0.29, 0.717) is 5.56 Å². The van der Waals surface area contributed by atoms with E-state index in [1.165, 1.54) is 25.3 Å². The zero-order chi connectivity index (χ0) is 13.0. The molecule has 0 bridgehead atoms. The van der Waals surface area contributed by atoms with Gasteiger partial charge in [0.05, 0.1) is 12.7 Å². The highest BCUT2D eigenvalue weighted by Crippen LogP contribution is 2.18. The van der Waals surface area contributed by atoms with E-state index >= 15 is 0 Å². The Balaban J connectivity index is 2.99. The second kappa shape index (κ2) is 5.38. The first kappa shape index (κ1) is 13.1. The zero-order valence-corrected chi connectivity index (χ0v) is 9.29. The first-order chi connectivity index (χ1) is 7.95. The number of aryl methyl sites for hydroxylation is 1. The van der Waals surface area contributed by atoms with Crippen LogP contribution in [0.4, 0.5) is 14.5 Å². The van der Waals surface area contributed by atoms with E-state index in [4.69, 9.17) is 0 Å². The number of carbonyl (C=O) groups is 2. The lowest BCUT2D eigenvalue weighted by Crippen LogP contribution is -2.20. The van der Waals surface area contributed by atoms with Crippen LogP contribution in [-0.4, -0.2) is 25.4 Å². The van der Waals surface area contributed by atoms with Crippen LogP contribution in [0.2, 0.25) is 0 Å². The van der Waals surface area contributed by atoms with Gasteiger partial charge in [-0.3, -0.25) is 4.79 Å². The molecule has 1 aromatic carbocycles. The first-order valence-corrected chi connectivity index (χ1v) is 4.73. The molecule has 6 heteroatoms. The summed E-state index contributed by atoms with van der Waals surface area (Å²) in [6.07, 6.45) is -3.10. The molecule has 1 rings (SSSR count). The van der Waals surface area contributed by atoms with Crippen molar-refractivity contribution in [1.29, 1.82) is 0 Å². The largest absolute Gasteiger partial charge is 0.465 e. The summed E-state index contributed by atoms with van der Waals surface area (Å²) in [4.78, 5) is 22.1. The minimum atomic E-state index is -3.10. The molecule has 0 saturated carbocycles. The number of carbonyl (C=O) groups excluding carboxylic acids is 2. The highest BCUT2D eigenvalue weighted by molar-refractivity contribution is 5.96. The van der Waals surface area contributed by atoms with Crippen molar-refractivity contribution in [3.8, 4) is 0 Å². The van der Waals surface area contributed by atoms with Crippen molar-refractivity contribution in [2.45, 2.75) is 13.3 Å². The van der Waals surface area contributed by atoms with Crippen LogP contribution in [0.5, 0.6) is 0 Å². The lowest BCUT2D eigenvalue weighted by Gasteiger charge is -2.09. The van der Waals surface area contributed by atoms with Crippen molar-refractivity contribution < 1.29 is 23.1 Å². The van der Waals surface area contributed by atoms with Crippen LogP contribution in [0.3, 0.4) is 0 Å². The topological polar surface area (TPSA) is 55.4 Å². The first-order valence-electron chi connectivity index (χ1n) is 4.73. The van der Waals surface area contributed by atoms with Gasteiger partial charge in [0.15, 0.2) is 0 Å². The zero-order valence-electron chi connectivity index (χ0n) is 9.29. The molecule has 0 atom stereocenters. The normalized spacial score (nSPS) is 10.2. The monoisotopic (exact) mass is 243 g/mol. The van der Waals surface area contributed by atoms with Crippen LogP contribution in [-0.2, 0) is 9.53 Å². The predicted octanol–water partition coefficient (Wildman–Crippen LogP) is 1.99. The van der Waals surface area contributed by atoms with Gasteiger partial charge in [-0.1, -0.05) is 6.07 Å². The molecule has 0 saturated heterocycles. The van der Waals surface area contributed by atoms with Crippen LogP contribution in [0.1, 0.15) is 15.9 Å². The lowest BCUT2D eigenvalue weighted by molar-refractivity contribution is -0.126. The number of rotatable bonds is 3. The van der Waals surface area contributed by atoms with Crippen LogP contribution >= 0.6 is 0 Å². The molecule has 17 heavy (non-hydrogen) atoms. The molecule has 1 N–H and O–H groups in total. The maximum atomic E-state index is 12.1. The number of hydrogen-bond donors (Lipinski definition) is 1. The van der Waals surface area contributed by atoms with Crippen LogP contribution < -0.4 is 5.32 Å². The maximum Gasteiger partial charge on any atom is 0.337 e. The van der Waals surface area contributed by atoms with Gasteiger partial charge in [0.2, 0.25) is 0 Å². The SMILES string of the molecule is COC(=O)c1ccc(C)c(NC(=O)C(F)F)c1. The van der Waals surface area contributed by atoms with E-state index in [1.54, 1.807) is 6.92 Å². The van der Waals surface area contributed by atoms with Crippen LogP contribution in [0.15, 0.2) is 18.2 Å². The minimum Gasteiger partial charge on any atom is -0.465 e. The highest BCUT2D eigenvalue weighted by Gasteiger charge is 2.17. The van der Waals surface area contributed by atoms with Gasteiger partial charge in [0, 0.05) is 5.69 Å². The number of methoxy groups -OCH3 is 1. The van der Waals surface area contributed by atoms with E-state index < -0.39 is 18.3 Å². The van der Waals surface area contributed by atoms with Gasteiger partial charge in [-0.05, 0) is 24.6 Å². The van der Waals surface area contributed by atoms with Gasteiger partial charge >= 0.3 is 12.4 Å². The van der Waals surface area contributed by atoms with Crippen LogP contribution in [0.25, 0.3) is 0 Å². The Morgan fingerprint density at radius 1 is 1.35 bits per heavy atom. The van der Waals surface area contributed by atoms with Crippen molar-refractivity contribution in [2.24, 2.45) is 0 Å². The Morgan fingerprint density at radius 3 is 2.53 bits per heavy atom. The Bertz CT molecular complexity index is 446. The molecule has 92 valence electrons. The number of esters is 1. The smallest absolute Gasteiger partial charge is 0.337 e. The van der Waals surface area contributed by atoms with Crippen molar-refractivity contribution >= 4 is 17.6 Å². The summed E-state index contributed by atoms with van der Waals surface area (Å²) >= 11 is 0. The number of alkyl halides is 2. The standard InChI is InChI=1S/C11H11F2NO3/c1-6-3-4-7(11(16)17-2)5-8(6)14-10(15)9(12)13/h3-5,9H,1-2H3,(H,14,15). The summed E-state index contributed by atoms with van der Waals surface area (Å²) in [7, 11) is 1.21. The molecular weight excluding hydrogens is 232 g/mol. The lowest BCUT2D eigenvalue weighted by atomic mass is 10.1. The molecule has 0 unspecified atom stereocenters. The molecule has 0 heterocycles. The fraction of sp³-hybridized carbons (Fsp3) is 0.273. The van der Waals surface area contributed by atoms with Gasteiger partial charge in [0.25, 0.3) is 5.91 Å². The Kier molecular flexibility index (Phi) is 4.14. The minimum absolute atomic E-state index is 0.165. The molecule has 1 amide bonds. The Morgan fingerprint density at radius 2 is 2.00 bits per heavy atom. The second-order valence-corrected chi connectivity index (χ2v) is 3.31. The summed E-state index contributed by atoms with van der Waals surface area (Å²) in [5.74, 6) is -2.01. The molecule has 0 aliphatic heterocycles. The average molecular weight is 243 g/mol. The summed E-state index contributed by atoms with van der Waals surface area (Å²) < 4.78 is 28.6. The van der Waals surface area contributed by atoms with Crippen molar-refractivity contribution in [1.82, 2.24) is 0 Å². The van der Waals surface area contributed by atoms with Crippen molar-refractivity contribution in [3.63, 3.8) is 0 Å². The highest BCUT2D eigenvalue weighted by atomic mass is 19.3. The van der Waals surface area contributed by atoms with E-state index in [-0.39, 0.29) is 11.3 Å². The summed E-state index contributed by atoms with van der Waals surface area (Å²) in [6.45, 7) is 1.63. The number of nitrogens with one attached hydrogen (secondary N) is 1. The number of benzene rings is 1. The fourth-order valence-corrected chi connectivity index (χ4v) is 1.19. The maximum absolute atomic E-state index is 12.1. The van der Waals surface area contributed by atoms with E-state index in [1.807, 2.05) is 5.32 Å². The summed E-state index contributed by atoms with van der Waals surface area (Å²) in [6, 6.07) is 4.31. The number of anilines is 1. The average Bonchev–Trinajstić information content (AvgIpc) is 2.30. The fourth-order valence-electron chi connectivity index (χ4n) is 1.19. The van der Waals surface area contributed by atoms with Gasteiger partial charge in [-0.2, -0.15) is 8.78 Å². The molecule has 1 aromatic rings. The number of amides is 1. The Hall–Kier alpha value is -1.98. The van der Waals surface area contributed by atoms with Gasteiger partial charge < -0.3 is 10.1 Å². The number of hydrogen-bond acceptors (Lipinski definition) is 3. The Labute approximate surface area is 96.6 Å². The third kappa shape index (κ3) is 3.24. The number of ether oxygens (including phenoxy) is 1. The molecule has 0 radical (unpaired) electrons. The third-order valence-corrected chi connectivity index (χ3v) is 2.11.